The first-order valence-corrected chi connectivity index (χ1v) is 4.59. The van der Waals surface area contributed by atoms with Crippen molar-refractivity contribution in [1.29, 1.82) is 0 Å². The monoisotopic (exact) mass is 203 g/mol. The van der Waals surface area contributed by atoms with Gasteiger partial charge in [-0.25, -0.2) is 4.79 Å². The molecule has 0 atom stereocenters. The zero-order valence-electron chi connectivity index (χ0n) is 8.64. The van der Waals surface area contributed by atoms with Crippen molar-refractivity contribution in [2.45, 2.75) is 6.61 Å². The Balaban J connectivity index is 2.38. The first kappa shape index (κ1) is 11.1. The standard InChI is InChI=1S/C12H13NO2/c1-3-9-13(2)12(14)15-10-11-7-5-4-6-8-11/h1,4-8H,9-10H2,2H3. The summed E-state index contributed by atoms with van der Waals surface area (Å²) in [6.07, 6.45) is 4.67. The minimum absolute atomic E-state index is 0.258. The topological polar surface area (TPSA) is 29.5 Å². The molecule has 0 aromatic heterocycles. The Morgan fingerprint density at radius 2 is 2.13 bits per heavy atom. The molecule has 1 rings (SSSR count). The van der Waals surface area contributed by atoms with E-state index < -0.39 is 6.09 Å². The fourth-order valence-corrected chi connectivity index (χ4v) is 1.03. The Bertz CT molecular complexity index is 354. The summed E-state index contributed by atoms with van der Waals surface area (Å²) in [5, 5.41) is 0. The van der Waals surface area contributed by atoms with Crippen molar-refractivity contribution in [2.24, 2.45) is 0 Å². The van der Waals surface area contributed by atoms with Crippen molar-refractivity contribution in [3.8, 4) is 12.3 Å². The molecule has 0 bridgehead atoms. The molecule has 0 fully saturated rings. The molecule has 15 heavy (non-hydrogen) atoms. The third kappa shape index (κ3) is 3.74. The molecular weight excluding hydrogens is 190 g/mol. The predicted octanol–water partition coefficient (Wildman–Crippen LogP) is 1.89. The highest BCUT2D eigenvalue weighted by Gasteiger charge is 2.07. The average Bonchev–Trinajstić information content (AvgIpc) is 2.27. The number of hydrogen-bond donors (Lipinski definition) is 0. The Morgan fingerprint density at radius 1 is 1.47 bits per heavy atom. The van der Waals surface area contributed by atoms with Crippen LogP contribution in [-0.4, -0.2) is 24.6 Å². The Labute approximate surface area is 89.7 Å². The van der Waals surface area contributed by atoms with Gasteiger partial charge in [-0.15, -0.1) is 6.42 Å². The molecule has 0 aliphatic rings. The zero-order chi connectivity index (χ0) is 11.1. The number of nitrogens with zero attached hydrogens (tertiary/aromatic N) is 1. The van der Waals surface area contributed by atoms with Gasteiger partial charge >= 0.3 is 6.09 Å². The second-order valence-corrected chi connectivity index (χ2v) is 3.10. The Hall–Kier alpha value is -1.95. The molecule has 3 heteroatoms. The fraction of sp³-hybridized carbons (Fsp3) is 0.250. The van der Waals surface area contributed by atoms with Gasteiger partial charge in [0.1, 0.15) is 6.61 Å². The molecule has 0 radical (unpaired) electrons. The first-order chi connectivity index (χ1) is 7.24. The summed E-state index contributed by atoms with van der Waals surface area (Å²) in [4.78, 5) is 12.7. The third-order valence-corrected chi connectivity index (χ3v) is 1.85. The quantitative estimate of drug-likeness (QED) is 0.702. The van der Waals surface area contributed by atoms with Crippen molar-refractivity contribution in [3.63, 3.8) is 0 Å². The number of rotatable bonds is 3. The average molecular weight is 203 g/mol. The fourth-order valence-electron chi connectivity index (χ4n) is 1.03. The summed E-state index contributed by atoms with van der Waals surface area (Å²) in [5.41, 5.74) is 0.958. The second kappa shape index (κ2) is 5.71. The lowest BCUT2D eigenvalue weighted by atomic mass is 10.2. The minimum atomic E-state index is -0.406. The molecule has 1 aromatic carbocycles. The van der Waals surface area contributed by atoms with Gasteiger partial charge < -0.3 is 9.64 Å². The van der Waals surface area contributed by atoms with Crippen LogP contribution in [0, 0.1) is 12.3 Å². The van der Waals surface area contributed by atoms with Crippen LogP contribution in [-0.2, 0) is 11.3 Å². The molecule has 0 heterocycles. The van der Waals surface area contributed by atoms with E-state index >= 15 is 0 Å². The molecule has 3 nitrogen and oxygen atoms in total. The highest BCUT2D eigenvalue weighted by Crippen LogP contribution is 2.01. The molecule has 78 valence electrons. The van der Waals surface area contributed by atoms with Gasteiger partial charge in [0.2, 0.25) is 0 Å². The van der Waals surface area contributed by atoms with E-state index in [0.717, 1.165) is 5.56 Å². The van der Waals surface area contributed by atoms with Crippen LogP contribution in [0.5, 0.6) is 0 Å². The summed E-state index contributed by atoms with van der Waals surface area (Å²) in [6.45, 7) is 0.530. The molecule has 0 aliphatic carbocycles. The van der Waals surface area contributed by atoms with E-state index in [1.54, 1.807) is 7.05 Å². The highest BCUT2D eigenvalue weighted by atomic mass is 16.6. The minimum Gasteiger partial charge on any atom is -0.445 e. The van der Waals surface area contributed by atoms with Gasteiger partial charge in [0.05, 0.1) is 6.54 Å². The van der Waals surface area contributed by atoms with Crippen molar-refractivity contribution in [2.75, 3.05) is 13.6 Å². The molecular formula is C12H13NO2. The number of terminal acetylenes is 1. The van der Waals surface area contributed by atoms with E-state index in [9.17, 15) is 4.79 Å². The van der Waals surface area contributed by atoms with Crippen molar-refractivity contribution < 1.29 is 9.53 Å². The summed E-state index contributed by atoms with van der Waals surface area (Å²) < 4.78 is 5.03. The molecule has 1 amide bonds. The summed E-state index contributed by atoms with van der Waals surface area (Å²) in [6, 6.07) is 9.50. The van der Waals surface area contributed by atoms with Crippen molar-refractivity contribution in [3.05, 3.63) is 35.9 Å². The van der Waals surface area contributed by atoms with Crippen LogP contribution in [0.1, 0.15) is 5.56 Å². The molecule has 0 unspecified atom stereocenters. The molecule has 0 saturated carbocycles. The SMILES string of the molecule is C#CCN(C)C(=O)OCc1ccccc1. The summed E-state index contributed by atoms with van der Waals surface area (Å²) in [7, 11) is 1.60. The summed E-state index contributed by atoms with van der Waals surface area (Å²) >= 11 is 0. The first-order valence-electron chi connectivity index (χ1n) is 4.59. The van der Waals surface area contributed by atoms with Gasteiger partial charge in [-0.1, -0.05) is 36.3 Å². The zero-order valence-corrected chi connectivity index (χ0v) is 8.64. The number of hydrogen-bond acceptors (Lipinski definition) is 2. The van der Waals surface area contributed by atoms with Crippen molar-refractivity contribution >= 4 is 6.09 Å². The van der Waals surface area contributed by atoms with E-state index in [4.69, 9.17) is 11.2 Å². The lowest BCUT2D eigenvalue weighted by Crippen LogP contribution is -2.27. The molecule has 0 aliphatic heterocycles. The van der Waals surface area contributed by atoms with E-state index in [1.165, 1.54) is 4.90 Å². The predicted molar refractivity (Wildman–Crippen MR) is 58.1 cm³/mol. The number of ether oxygens (including phenoxy) is 1. The van der Waals surface area contributed by atoms with Gasteiger partial charge in [0, 0.05) is 7.05 Å². The lowest BCUT2D eigenvalue weighted by Gasteiger charge is -2.13. The van der Waals surface area contributed by atoms with Gasteiger partial charge in [-0.3, -0.25) is 0 Å². The Morgan fingerprint density at radius 3 is 2.73 bits per heavy atom. The van der Waals surface area contributed by atoms with Gasteiger partial charge in [-0.2, -0.15) is 0 Å². The normalized spacial score (nSPS) is 9.07. The van der Waals surface area contributed by atoms with Gasteiger partial charge in [0.15, 0.2) is 0 Å². The molecule has 0 saturated heterocycles. The van der Waals surface area contributed by atoms with E-state index in [0.29, 0.717) is 0 Å². The van der Waals surface area contributed by atoms with Crippen LogP contribution in [0.3, 0.4) is 0 Å². The van der Waals surface area contributed by atoms with E-state index in [1.807, 2.05) is 30.3 Å². The lowest BCUT2D eigenvalue weighted by molar-refractivity contribution is 0.109. The number of amides is 1. The van der Waals surface area contributed by atoms with E-state index in [2.05, 4.69) is 5.92 Å². The number of benzene rings is 1. The van der Waals surface area contributed by atoms with Crippen molar-refractivity contribution in [1.82, 2.24) is 4.90 Å². The van der Waals surface area contributed by atoms with Crippen LogP contribution in [0.25, 0.3) is 0 Å². The van der Waals surface area contributed by atoms with E-state index in [-0.39, 0.29) is 13.2 Å². The van der Waals surface area contributed by atoms with Crippen LogP contribution >= 0.6 is 0 Å². The van der Waals surface area contributed by atoms with Crippen LogP contribution in [0.15, 0.2) is 30.3 Å². The van der Waals surface area contributed by atoms with Gasteiger partial charge in [0.25, 0.3) is 0 Å². The molecule has 0 spiro atoms. The second-order valence-electron chi connectivity index (χ2n) is 3.10. The number of carbonyl (C=O) groups is 1. The smallest absolute Gasteiger partial charge is 0.410 e. The van der Waals surface area contributed by atoms with Crippen LogP contribution < -0.4 is 0 Å². The Kier molecular flexibility index (Phi) is 4.24. The maximum Gasteiger partial charge on any atom is 0.410 e. The van der Waals surface area contributed by atoms with Crippen LogP contribution in [0.2, 0.25) is 0 Å². The van der Waals surface area contributed by atoms with Gasteiger partial charge in [-0.05, 0) is 5.56 Å². The molecule has 1 aromatic rings. The maximum absolute atomic E-state index is 11.3. The third-order valence-electron chi connectivity index (χ3n) is 1.85. The number of carbonyl (C=O) groups excluding carboxylic acids is 1. The largest absolute Gasteiger partial charge is 0.445 e. The summed E-state index contributed by atoms with van der Waals surface area (Å²) in [5.74, 6) is 2.37. The highest BCUT2D eigenvalue weighted by molar-refractivity contribution is 5.67. The van der Waals surface area contributed by atoms with Crippen LogP contribution in [0.4, 0.5) is 4.79 Å². The molecule has 0 N–H and O–H groups in total. The maximum atomic E-state index is 11.3.